The fourth-order valence-corrected chi connectivity index (χ4v) is 15.5. The normalized spacial score (nSPS) is 24.2. The number of thiazole rings is 1. The highest BCUT2D eigenvalue weighted by molar-refractivity contribution is 7.13. The molecule has 2 amide bonds. The van der Waals surface area contributed by atoms with Crippen LogP contribution in [0.5, 0.6) is 5.75 Å². The Morgan fingerprint density at radius 2 is 1.65 bits per heavy atom. The van der Waals surface area contributed by atoms with Crippen LogP contribution in [0.1, 0.15) is 112 Å². The van der Waals surface area contributed by atoms with Gasteiger partial charge in [-0.1, -0.05) is 68.4 Å². The van der Waals surface area contributed by atoms with Gasteiger partial charge in [-0.25, -0.2) is 9.97 Å². The number of carbonyl (C=O) groups excluding carboxylic acids is 2. The first-order valence-electron chi connectivity index (χ1n) is 29.3. The summed E-state index contributed by atoms with van der Waals surface area (Å²) in [5, 5.41) is 36.3. The summed E-state index contributed by atoms with van der Waals surface area (Å²) < 4.78 is 5.96. The number of aromatic hydroxyl groups is 1. The lowest BCUT2D eigenvalue weighted by Gasteiger charge is -2.48. The molecule has 0 saturated carbocycles. The third kappa shape index (κ3) is 9.14. The highest BCUT2D eigenvalue weighted by Crippen LogP contribution is 2.49. The van der Waals surface area contributed by atoms with E-state index >= 15 is 0 Å². The van der Waals surface area contributed by atoms with Crippen LogP contribution < -0.4 is 25.3 Å². The van der Waals surface area contributed by atoms with Crippen LogP contribution in [0.25, 0.3) is 43.4 Å². The van der Waals surface area contributed by atoms with E-state index in [4.69, 9.17) is 19.5 Å². The van der Waals surface area contributed by atoms with Crippen LogP contribution in [0.4, 0.5) is 17.6 Å². The van der Waals surface area contributed by atoms with Crippen LogP contribution in [-0.2, 0) is 9.59 Å². The van der Waals surface area contributed by atoms with Gasteiger partial charge in [0.15, 0.2) is 11.6 Å². The van der Waals surface area contributed by atoms with Gasteiger partial charge in [0.2, 0.25) is 17.8 Å². The highest BCUT2D eigenvalue weighted by Gasteiger charge is 2.45. The number of aliphatic hydroxyl groups excluding tert-OH is 1. The van der Waals surface area contributed by atoms with Crippen LogP contribution >= 0.6 is 11.3 Å². The van der Waals surface area contributed by atoms with Crippen molar-refractivity contribution in [3.05, 3.63) is 101 Å². The SMILES string of the molecule is Cc1ncsc1-c1ccc([C@H](C)NC(=O)[C@@H]2C[C@@H](O)CN2C(=O)[C@H](c2cc(N3CC(CC4CCN(C5CN(c6nc(N7CC8CCC(C7)N8)c7cnc8c(c7n6)C(C)c6cccc7cc(O)cc-8c67)C5)CC4)C3)no2)C(C)C)cc1. The number of hydrogen-bond donors (Lipinski definition) is 4. The smallest absolute Gasteiger partial charge is 0.243 e. The van der Waals surface area contributed by atoms with Crippen molar-refractivity contribution in [2.45, 2.75) is 121 Å². The summed E-state index contributed by atoms with van der Waals surface area (Å²) in [6, 6.07) is 20.4. The van der Waals surface area contributed by atoms with E-state index in [1.165, 1.54) is 37.7 Å². The number of nitrogens with zero attached hydrogens (tertiary/aromatic N) is 10. The topological polar surface area (TPSA) is 192 Å². The van der Waals surface area contributed by atoms with Crippen molar-refractivity contribution in [2.75, 3.05) is 73.6 Å². The summed E-state index contributed by atoms with van der Waals surface area (Å²) in [5.41, 5.74) is 10.1. The molecule has 3 unspecified atom stereocenters. The van der Waals surface area contributed by atoms with E-state index in [2.05, 4.69) is 65.5 Å². The van der Waals surface area contributed by atoms with Crippen LogP contribution in [-0.4, -0.2) is 146 Å². The largest absolute Gasteiger partial charge is 0.508 e. The lowest BCUT2D eigenvalue weighted by molar-refractivity contribution is -0.141. The Morgan fingerprint density at radius 1 is 0.875 bits per heavy atom. The summed E-state index contributed by atoms with van der Waals surface area (Å²) in [7, 11) is 0. The summed E-state index contributed by atoms with van der Waals surface area (Å²) in [4.78, 5) is 61.2. The molecule has 6 saturated heterocycles. The third-order valence-corrected chi connectivity index (χ3v) is 20.0. The van der Waals surface area contributed by atoms with E-state index < -0.39 is 18.1 Å². The number of benzene rings is 3. The molecule has 7 aliphatic rings. The van der Waals surface area contributed by atoms with Crippen molar-refractivity contribution in [3.63, 3.8) is 0 Å². The zero-order valence-electron chi connectivity index (χ0n) is 46.4. The third-order valence-electron chi connectivity index (χ3n) is 19.1. The molecule has 14 rings (SSSR count). The minimum atomic E-state index is -0.800. The van der Waals surface area contributed by atoms with Crippen LogP contribution in [0.3, 0.4) is 0 Å². The number of rotatable bonds is 13. The lowest BCUT2D eigenvalue weighted by atomic mass is 9.79. The van der Waals surface area contributed by atoms with E-state index in [-0.39, 0.29) is 48.4 Å². The Labute approximate surface area is 470 Å². The number of piperazine rings is 1. The lowest BCUT2D eigenvalue weighted by Crippen LogP contribution is -2.61. The van der Waals surface area contributed by atoms with Gasteiger partial charge in [-0.15, -0.1) is 11.3 Å². The molecule has 6 fully saturated rings. The van der Waals surface area contributed by atoms with Crippen molar-refractivity contribution < 1.29 is 24.3 Å². The molecule has 6 aliphatic heterocycles. The second kappa shape index (κ2) is 20.4. The van der Waals surface area contributed by atoms with Crippen molar-refractivity contribution in [3.8, 4) is 27.4 Å². The molecular formula is C62H72N12O5S. The molecule has 3 aromatic carbocycles. The number of phenols is 1. The minimum Gasteiger partial charge on any atom is -0.508 e. The van der Waals surface area contributed by atoms with E-state index in [1.807, 2.05) is 81.9 Å². The van der Waals surface area contributed by atoms with Gasteiger partial charge >= 0.3 is 0 Å². The number of anilines is 3. The molecule has 80 heavy (non-hydrogen) atoms. The molecule has 10 heterocycles. The summed E-state index contributed by atoms with van der Waals surface area (Å²) in [6.45, 7) is 17.9. The molecule has 0 radical (unpaired) electrons. The Morgan fingerprint density at radius 3 is 2.39 bits per heavy atom. The maximum absolute atomic E-state index is 14.4. The first-order valence-corrected chi connectivity index (χ1v) is 30.1. The molecule has 2 bridgehead atoms. The summed E-state index contributed by atoms with van der Waals surface area (Å²) in [5.74, 6) is 3.31. The van der Waals surface area contributed by atoms with Crippen molar-refractivity contribution in [1.29, 1.82) is 0 Å². The van der Waals surface area contributed by atoms with E-state index in [9.17, 15) is 19.8 Å². The van der Waals surface area contributed by atoms with Crippen LogP contribution in [0.15, 0.2) is 76.9 Å². The molecule has 1 aliphatic carbocycles. The number of piperidine rings is 1. The highest BCUT2D eigenvalue weighted by atomic mass is 32.1. The fourth-order valence-electron chi connectivity index (χ4n) is 14.7. The molecule has 17 nitrogen and oxygen atoms in total. The van der Waals surface area contributed by atoms with Gasteiger partial charge in [0.1, 0.15) is 23.5 Å². The van der Waals surface area contributed by atoms with Gasteiger partial charge in [-0.2, -0.15) is 4.98 Å². The number of nitrogens with one attached hydrogen (secondary N) is 2. The quantitative estimate of drug-likeness (QED) is 0.0860. The van der Waals surface area contributed by atoms with Crippen LogP contribution in [0.2, 0.25) is 0 Å². The number of pyridine rings is 1. The van der Waals surface area contributed by atoms with Gasteiger partial charge in [0.05, 0.1) is 44.8 Å². The molecule has 4 aromatic heterocycles. The van der Waals surface area contributed by atoms with Crippen molar-refractivity contribution in [2.24, 2.45) is 17.8 Å². The van der Waals surface area contributed by atoms with Gasteiger partial charge < -0.3 is 45.0 Å². The number of fused-ring (bicyclic) bond motifs is 6. The Kier molecular flexibility index (Phi) is 13.1. The maximum atomic E-state index is 14.4. The number of aryl methyl sites for hydroxylation is 1. The Hall–Kier alpha value is -6.73. The van der Waals surface area contributed by atoms with Gasteiger partial charge in [0, 0.05) is 99.7 Å². The number of carbonyl (C=O) groups is 2. The number of hydrogen-bond acceptors (Lipinski definition) is 16. The average molecular weight is 1100 g/mol. The Balaban J connectivity index is 0.590. The van der Waals surface area contributed by atoms with Gasteiger partial charge in [0.25, 0.3) is 0 Å². The molecule has 7 atom stereocenters. The standard InChI is InChI=1S/C62H72N12O5S/c1-33(2)53(61(78)74-31-46(76)22-50(74)60(77)65-35(4)39-9-11-40(12-10-39)58-36(5)64-32-80-58)51-23-52(69-79-51)71-25-38(26-71)19-37-15-17-70(18-16-37)44-29-73(30-44)62-67-57-49(59(68-62)72-27-42-13-14-43(28-72)66-42)24-63-56-48-21-45(75)20-41-7-6-8-47(55(41)48)34(3)54(56)57/h6-12,20-21,23-24,32-35,37-38,42-44,46,50,53,66,75-76H,13-19,22,25-31H2,1-5H3,(H,65,77)/t34?,35-,42?,43?,46+,50-,53-/m0/s1. The Bertz CT molecular complexity index is 3500. The van der Waals surface area contributed by atoms with E-state index in [0.717, 1.165) is 130 Å². The molecule has 0 spiro atoms. The molecule has 416 valence electrons. The number of phenolic OH excluding ortho intramolecular Hbond substituents is 1. The second-order valence-electron chi connectivity index (χ2n) is 24.7. The van der Waals surface area contributed by atoms with Crippen molar-refractivity contribution in [1.82, 2.24) is 45.5 Å². The maximum Gasteiger partial charge on any atom is 0.243 e. The average Bonchev–Trinajstić information content (AvgIpc) is 4.29. The number of aliphatic hydroxyl groups is 1. The number of β-amino-alcohol motifs (C(OH)–C–C–N with tert-alkyl or cyclic N) is 1. The van der Waals surface area contributed by atoms with E-state index in [1.54, 1.807) is 16.2 Å². The summed E-state index contributed by atoms with van der Waals surface area (Å²) >= 11 is 1.60. The number of likely N-dealkylation sites (tertiary alicyclic amines) is 2. The van der Waals surface area contributed by atoms with E-state index in [0.29, 0.717) is 35.7 Å². The predicted octanol–water partition coefficient (Wildman–Crippen LogP) is 8.38. The zero-order valence-corrected chi connectivity index (χ0v) is 47.2. The second-order valence-corrected chi connectivity index (χ2v) is 25.6. The molecule has 18 heteroatoms. The first kappa shape index (κ1) is 51.4. The monoisotopic (exact) mass is 1100 g/mol. The fraction of sp³-hybridized carbons (Fsp3) is 0.500. The van der Waals surface area contributed by atoms with Crippen molar-refractivity contribution >= 4 is 62.4 Å². The minimum absolute atomic E-state index is 0.0692. The molecule has 7 aromatic rings. The number of amides is 2. The molecular weight excluding hydrogens is 1020 g/mol. The number of aromatic nitrogens is 5. The zero-order chi connectivity index (χ0) is 54.7. The van der Waals surface area contributed by atoms with Gasteiger partial charge in [-0.3, -0.25) is 19.5 Å². The summed E-state index contributed by atoms with van der Waals surface area (Å²) in [6.07, 6.45) is 7.31. The van der Waals surface area contributed by atoms with Crippen LogP contribution in [0, 0.1) is 24.7 Å². The van der Waals surface area contributed by atoms with Gasteiger partial charge in [-0.05, 0) is 116 Å². The molecule has 4 N–H and O–H groups in total. The predicted molar refractivity (Wildman–Crippen MR) is 311 cm³/mol. The first-order chi connectivity index (χ1) is 38.8.